The summed E-state index contributed by atoms with van der Waals surface area (Å²) in [5, 5.41) is 5.05. The number of ether oxygens (including phenoxy) is 10. The molecule has 8 unspecified atom stereocenters. The van der Waals surface area contributed by atoms with E-state index in [4.69, 9.17) is 47.4 Å². The van der Waals surface area contributed by atoms with Gasteiger partial charge in [-0.25, -0.2) is 9.98 Å². The second-order valence-corrected chi connectivity index (χ2v) is 11.9. The Hall–Kier alpha value is -4.08. The lowest BCUT2D eigenvalue weighted by Crippen LogP contribution is -2.55. The van der Waals surface area contributed by atoms with Crippen LogP contribution in [0.25, 0.3) is 0 Å². The van der Waals surface area contributed by atoms with Gasteiger partial charge in [-0.15, -0.1) is 0 Å². The Morgan fingerprint density at radius 2 is 0.909 bits per heavy atom. The number of hydrogen-bond donors (Lipinski definition) is 3. The van der Waals surface area contributed by atoms with E-state index < -0.39 is 96.4 Å². The van der Waals surface area contributed by atoms with E-state index in [2.05, 4.69) is 32.4 Å². The number of hydrogen-bond acceptors (Lipinski definition) is 19. The van der Waals surface area contributed by atoms with Crippen LogP contribution in [0.15, 0.2) is 9.98 Å². The highest BCUT2D eigenvalue weighted by Gasteiger charge is 2.67. The molecule has 4 aliphatic heterocycles. The normalized spacial score (nSPS) is 30.3. The Labute approximate surface area is 320 Å². The molecule has 55 heavy (non-hydrogen) atoms. The lowest BCUT2D eigenvalue weighted by atomic mass is 9.75. The van der Waals surface area contributed by atoms with Crippen molar-refractivity contribution >= 4 is 41.7 Å². The Balaban J connectivity index is 0.000000471. The summed E-state index contributed by atoms with van der Waals surface area (Å²) in [6.45, 7) is 3.17. The number of esters is 4. The fourth-order valence-corrected chi connectivity index (χ4v) is 6.84. The molecular weight excluding hydrogens is 734 g/mol. The summed E-state index contributed by atoms with van der Waals surface area (Å²) >= 11 is 0. The van der Waals surface area contributed by atoms with Crippen molar-refractivity contribution in [1.82, 2.24) is 10.6 Å². The Kier molecular flexibility index (Phi) is 22.4. The molecule has 4 fully saturated rings. The maximum Gasteiger partial charge on any atom is 0.312 e. The molecule has 0 aromatic heterocycles. The summed E-state index contributed by atoms with van der Waals surface area (Å²) in [7, 11) is 13.6. The molecule has 0 aliphatic carbocycles. The van der Waals surface area contributed by atoms with E-state index in [1.807, 2.05) is 0 Å². The van der Waals surface area contributed by atoms with Crippen LogP contribution in [-0.4, -0.2) is 181 Å². The van der Waals surface area contributed by atoms with E-state index in [0.717, 1.165) is 0 Å². The Bertz CT molecular complexity index is 1320. The highest BCUT2D eigenvalue weighted by atomic mass is 16.6. The molecule has 4 N–H and O–H groups in total. The average molecular weight is 792 g/mol. The first-order valence-electron chi connectivity index (χ1n) is 17.3. The summed E-state index contributed by atoms with van der Waals surface area (Å²) in [6.07, 6.45) is -5.74. The van der Waals surface area contributed by atoms with Crippen molar-refractivity contribution in [3.05, 3.63) is 0 Å². The molecule has 4 aliphatic rings. The molecule has 4 heterocycles. The number of fused-ring (bicyclic) bond motifs is 4. The first-order chi connectivity index (χ1) is 26.3. The third-order valence-corrected chi connectivity index (χ3v) is 8.82. The zero-order valence-corrected chi connectivity index (χ0v) is 33.3. The van der Waals surface area contributed by atoms with Crippen molar-refractivity contribution in [1.29, 1.82) is 0 Å². The lowest BCUT2D eigenvalue weighted by Gasteiger charge is -2.34. The molecular formula is C34H57N5O16. The maximum atomic E-state index is 12.4. The first-order valence-corrected chi connectivity index (χ1v) is 17.3. The quantitative estimate of drug-likeness (QED) is 0.0726. The first kappa shape index (κ1) is 48.9. The molecule has 0 radical (unpaired) electrons. The third-order valence-electron chi connectivity index (χ3n) is 8.82. The lowest BCUT2D eigenvalue weighted by molar-refractivity contribution is -0.168. The van der Waals surface area contributed by atoms with Crippen molar-refractivity contribution in [2.45, 2.75) is 62.7 Å². The zero-order chi connectivity index (χ0) is 41.8. The minimum Gasteiger partial charge on any atom is -0.463 e. The van der Waals surface area contributed by atoms with Crippen LogP contribution in [0, 0.1) is 23.7 Å². The molecule has 0 spiro atoms. The predicted molar refractivity (Wildman–Crippen MR) is 190 cm³/mol. The second kappa shape index (κ2) is 25.2. The molecule has 0 aromatic rings. The standard InChI is InChI=1S/2C15H23NO8.C3H6N2.CH5N/c1-7(17)23-13-10-8(14(18)16-2)9(11(24-10)12(13)21-4)15(19)22-6-5-20-3;1-7(17)23-13-11-9(15(19)22-6-5-20-3)8(14(18)16-2)10(24-11)12(13)21-4;1-4-3-5-2;1-2/h2*8-13H,5-6H2,1-4H3,(H,16,18);1-2H3;2H2,1H3/t8?,9?,10-,11?,12?,13+;8?,9?,10-,11?,12+,13?;;/m00../s1. The van der Waals surface area contributed by atoms with E-state index in [0.29, 0.717) is 0 Å². The minimum atomic E-state index is -0.873. The van der Waals surface area contributed by atoms with E-state index >= 15 is 0 Å². The molecule has 2 amide bonds. The molecule has 12 atom stereocenters. The van der Waals surface area contributed by atoms with Gasteiger partial charge in [0.2, 0.25) is 11.8 Å². The molecule has 0 saturated carbocycles. The summed E-state index contributed by atoms with van der Waals surface area (Å²) in [6, 6.07) is 2.36. The smallest absolute Gasteiger partial charge is 0.312 e. The Morgan fingerprint density at radius 3 is 1.18 bits per heavy atom. The van der Waals surface area contributed by atoms with Crippen molar-refractivity contribution in [3.8, 4) is 0 Å². The number of carbonyl (C=O) groups is 6. The minimum absolute atomic E-state index is 0.0651. The fraction of sp³-hybridized carbons (Fsp3) is 0.794. The number of rotatable bonds is 14. The molecule has 4 saturated heterocycles. The highest BCUT2D eigenvalue weighted by Crippen LogP contribution is 2.48. The summed E-state index contributed by atoms with van der Waals surface area (Å²) < 4.78 is 52.8. The number of carbonyl (C=O) groups excluding carboxylic acids is 6. The molecule has 4 rings (SSSR count). The van der Waals surface area contributed by atoms with Gasteiger partial charge in [0, 0.05) is 70.5 Å². The Morgan fingerprint density at radius 1 is 0.582 bits per heavy atom. The van der Waals surface area contributed by atoms with Crippen LogP contribution in [0.1, 0.15) is 13.8 Å². The topological polar surface area (TPSA) is 270 Å². The van der Waals surface area contributed by atoms with Crippen LogP contribution in [-0.2, 0) is 76.1 Å². The van der Waals surface area contributed by atoms with Crippen LogP contribution in [0.2, 0.25) is 0 Å². The van der Waals surface area contributed by atoms with Crippen LogP contribution in [0.5, 0.6) is 0 Å². The molecule has 21 nitrogen and oxygen atoms in total. The van der Waals surface area contributed by atoms with E-state index in [-0.39, 0.29) is 38.2 Å². The van der Waals surface area contributed by atoms with E-state index in [1.54, 1.807) is 14.1 Å². The van der Waals surface area contributed by atoms with Gasteiger partial charge < -0.3 is 63.7 Å². The van der Waals surface area contributed by atoms with Gasteiger partial charge in [0.15, 0.2) is 12.2 Å². The van der Waals surface area contributed by atoms with Gasteiger partial charge >= 0.3 is 23.9 Å². The third kappa shape index (κ3) is 12.5. The second-order valence-electron chi connectivity index (χ2n) is 11.9. The fourth-order valence-electron chi connectivity index (χ4n) is 6.84. The van der Waals surface area contributed by atoms with Crippen molar-refractivity contribution < 1.29 is 76.1 Å². The molecule has 4 bridgehead atoms. The summed E-state index contributed by atoms with van der Waals surface area (Å²) in [5.41, 5.74) is 4.50. The van der Waals surface area contributed by atoms with Crippen molar-refractivity contribution in [2.75, 3.05) is 90.1 Å². The average Bonchev–Trinajstić information content (AvgIpc) is 3.93. The number of nitrogens with zero attached hydrogens (tertiary/aromatic N) is 2. The number of nitrogens with two attached hydrogens (primary N) is 1. The zero-order valence-electron chi connectivity index (χ0n) is 33.3. The number of amides is 2. The van der Waals surface area contributed by atoms with E-state index in [1.165, 1.54) is 63.4 Å². The van der Waals surface area contributed by atoms with Gasteiger partial charge in [0.25, 0.3) is 0 Å². The molecule has 0 aromatic carbocycles. The largest absolute Gasteiger partial charge is 0.463 e. The van der Waals surface area contributed by atoms with Gasteiger partial charge in [-0.2, -0.15) is 0 Å². The van der Waals surface area contributed by atoms with Crippen molar-refractivity contribution in [3.63, 3.8) is 0 Å². The summed E-state index contributed by atoms with van der Waals surface area (Å²) in [4.78, 5) is 79.0. The number of nitrogens with one attached hydrogen (secondary N) is 2. The van der Waals surface area contributed by atoms with Crippen LogP contribution < -0.4 is 16.4 Å². The molecule has 314 valence electrons. The van der Waals surface area contributed by atoms with Gasteiger partial charge in [-0.3, -0.25) is 28.8 Å². The van der Waals surface area contributed by atoms with Gasteiger partial charge in [-0.1, -0.05) is 0 Å². The number of methoxy groups -OCH3 is 4. The predicted octanol–water partition coefficient (Wildman–Crippen LogP) is -2.24. The highest BCUT2D eigenvalue weighted by molar-refractivity contribution is 5.88. The SMILES string of the molecule is CN.CN=C=NC.CNC(=O)C1C(C(=O)OCCOC)C2O[C@@H]1[C@@H](OC(C)=O)C2OC.CNC(=O)C1C(C(=O)OCCOC)C2O[C@@H]1[C@@H](OC)C2OC(C)=O. The van der Waals surface area contributed by atoms with Gasteiger partial charge in [0.1, 0.15) is 55.8 Å². The number of aliphatic imine (C=N–C) groups is 2. The van der Waals surface area contributed by atoms with Crippen LogP contribution in [0.3, 0.4) is 0 Å². The van der Waals surface area contributed by atoms with Crippen LogP contribution >= 0.6 is 0 Å². The van der Waals surface area contributed by atoms with E-state index in [9.17, 15) is 28.8 Å². The summed E-state index contributed by atoms with van der Waals surface area (Å²) in [5.74, 6) is -6.17. The van der Waals surface area contributed by atoms with Crippen LogP contribution in [0.4, 0.5) is 0 Å². The monoisotopic (exact) mass is 791 g/mol. The van der Waals surface area contributed by atoms with Gasteiger partial charge in [0.05, 0.1) is 37.0 Å². The van der Waals surface area contributed by atoms with Gasteiger partial charge in [-0.05, 0) is 7.05 Å². The van der Waals surface area contributed by atoms with Crippen molar-refractivity contribution in [2.24, 2.45) is 39.4 Å². The maximum absolute atomic E-state index is 12.4. The molecule has 21 heteroatoms.